The Bertz CT molecular complexity index is 448. The van der Waals surface area contributed by atoms with Crippen LogP contribution in [0.1, 0.15) is 10.4 Å². The van der Waals surface area contributed by atoms with Gasteiger partial charge in [0.2, 0.25) is 0 Å². The normalized spacial score (nSPS) is 11.0. The van der Waals surface area contributed by atoms with Gasteiger partial charge in [-0.15, -0.1) is 0 Å². The predicted octanol–water partition coefficient (Wildman–Crippen LogP) is 0.911. The van der Waals surface area contributed by atoms with Crippen molar-refractivity contribution in [2.24, 2.45) is 0 Å². The molecule has 0 radical (unpaired) electrons. The Morgan fingerprint density at radius 2 is 2.00 bits per heavy atom. The fourth-order valence-electron chi connectivity index (χ4n) is 1.18. The number of aldehydes is 1. The first kappa shape index (κ1) is 10.7. The number of methoxy groups -OCH3 is 1. The van der Waals surface area contributed by atoms with Crippen LogP contribution < -0.4 is 4.74 Å². The molecule has 0 saturated carbocycles. The summed E-state index contributed by atoms with van der Waals surface area (Å²) in [5.41, 5.74) is 0.117. The fourth-order valence-corrected chi connectivity index (χ4v) is 2.24. The summed E-state index contributed by atoms with van der Waals surface area (Å²) < 4.78 is 27.6. The maximum Gasteiger partial charge on any atom is 0.179 e. The van der Waals surface area contributed by atoms with E-state index in [1.165, 1.54) is 19.2 Å². The highest BCUT2D eigenvalue weighted by molar-refractivity contribution is 7.90. The van der Waals surface area contributed by atoms with Gasteiger partial charge < -0.3 is 4.74 Å². The van der Waals surface area contributed by atoms with Crippen molar-refractivity contribution in [3.63, 3.8) is 0 Å². The van der Waals surface area contributed by atoms with Crippen LogP contribution in [0, 0.1) is 0 Å². The number of rotatable bonds is 3. The molecule has 1 aromatic carbocycles. The lowest BCUT2D eigenvalue weighted by Crippen LogP contribution is -2.04. The number of sulfone groups is 1. The monoisotopic (exact) mass is 214 g/mol. The highest BCUT2D eigenvalue weighted by atomic mass is 32.2. The zero-order valence-corrected chi connectivity index (χ0v) is 8.67. The molecule has 1 aromatic rings. The van der Waals surface area contributed by atoms with E-state index in [-0.39, 0.29) is 16.2 Å². The number of hydrogen-bond donors (Lipinski definition) is 0. The molecule has 0 atom stereocenters. The second kappa shape index (κ2) is 3.79. The Labute approximate surface area is 82.4 Å². The van der Waals surface area contributed by atoms with Gasteiger partial charge in [0, 0.05) is 11.8 Å². The smallest absolute Gasteiger partial charge is 0.179 e. The third kappa shape index (κ3) is 1.93. The molecule has 0 aliphatic heterocycles. The summed E-state index contributed by atoms with van der Waals surface area (Å²) in [5.74, 6) is 0.192. The Morgan fingerprint density at radius 3 is 2.43 bits per heavy atom. The third-order valence-electron chi connectivity index (χ3n) is 1.73. The molecule has 1 rings (SSSR count). The summed E-state index contributed by atoms with van der Waals surface area (Å²) in [6, 6.07) is 4.51. The van der Waals surface area contributed by atoms with Gasteiger partial charge in [0.1, 0.15) is 10.6 Å². The first-order valence-electron chi connectivity index (χ1n) is 3.83. The van der Waals surface area contributed by atoms with Crippen LogP contribution in [0.5, 0.6) is 5.75 Å². The standard InChI is InChI=1S/C9H10O4S/c1-13-8-5-3-4-7(6-10)9(8)14(2,11)12/h3-6H,1-2H3. The number of benzene rings is 1. The first-order chi connectivity index (χ1) is 6.50. The summed E-state index contributed by atoms with van der Waals surface area (Å²) in [6.07, 6.45) is 1.54. The summed E-state index contributed by atoms with van der Waals surface area (Å²) in [4.78, 5) is 10.6. The van der Waals surface area contributed by atoms with Crippen LogP contribution in [0.25, 0.3) is 0 Å². The zero-order valence-electron chi connectivity index (χ0n) is 7.85. The van der Waals surface area contributed by atoms with Crippen molar-refractivity contribution in [1.29, 1.82) is 0 Å². The van der Waals surface area contributed by atoms with E-state index < -0.39 is 9.84 Å². The van der Waals surface area contributed by atoms with E-state index in [2.05, 4.69) is 0 Å². The van der Waals surface area contributed by atoms with Gasteiger partial charge in [0.25, 0.3) is 0 Å². The second-order valence-electron chi connectivity index (χ2n) is 2.77. The van der Waals surface area contributed by atoms with Gasteiger partial charge in [-0.25, -0.2) is 8.42 Å². The molecule has 5 heteroatoms. The molecule has 0 amide bonds. The number of ether oxygens (including phenoxy) is 1. The van der Waals surface area contributed by atoms with Crippen LogP contribution >= 0.6 is 0 Å². The molecule has 76 valence electrons. The van der Waals surface area contributed by atoms with Crippen LogP contribution in [0.2, 0.25) is 0 Å². The van der Waals surface area contributed by atoms with Gasteiger partial charge in [-0.1, -0.05) is 12.1 Å². The van der Waals surface area contributed by atoms with Crippen molar-refractivity contribution in [3.05, 3.63) is 23.8 Å². The minimum atomic E-state index is -3.44. The van der Waals surface area contributed by atoms with Crippen molar-refractivity contribution >= 4 is 16.1 Å². The van der Waals surface area contributed by atoms with Gasteiger partial charge in [0.15, 0.2) is 16.1 Å². The molecule has 0 aliphatic carbocycles. The predicted molar refractivity (Wildman–Crippen MR) is 51.5 cm³/mol. The van der Waals surface area contributed by atoms with Gasteiger partial charge >= 0.3 is 0 Å². The Kier molecular flexibility index (Phi) is 2.90. The Morgan fingerprint density at radius 1 is 1.36 bits per heavy atom. The molecule has 4 nitrogen and oxygen atoms in total. The lowest BCUT2D eigenvalue weighted by atomic mass is 10.2. The van der Waals surface area contributed by atoms with Gasteiger partial charge in [-0.2, -0.15) is 0 Å². The molecule has 0 heterocycles. The van der Waals surface area contributed by atoms with Gasteiger partial charge in [0.05, 0.1) is 7.11 Å². The highest BCUT2D eigenvalue weighted by Gasteiger charge is 2.18. The molecule has 0 aliphatic rings. The van der Waals surface area contributed by atoms with Gasteiger partial charge in [-0.3, -0.25) is 4.79 Å². The average Bonchev–Trinajstić information content (AvgIpc) is 2.15. The number of carbonyl (C=O) groups excluding carboxylic acids is 1. The van der Waals surface area contributed by atoms with Crippen molar-refractivity contribution in [2.75, 3.05) is 13.4 Å². The van der Waals surface area contributed by atoms with Crippen molar-refractivity contribution < 1.29 is 17.9 Å². The lowest BCUT2D eigenvalue weighted by molar-refractivity contribution is 0.112. The average molecular weight is 214 g/mol. The molecule has 0 unspecified atom stereocenters. The summed E-state index contributed by atoms with van der Waals surface area (Å²) in [6.45, 7) is 0. The van der Waals surface area contributed by atoms with Gasteiger partial charge in [-0.05, 0) is 6.07 Å². The third-order valence-corrected chi connectivity index (χ3v) is 2.91. The van der Waals surface area contributed by atoms with Crippen molar-refractivity contribution in [2.45, 2.75) is 4.90 Å². The summed E-state index contributed by atoms with van der Waals surface area (Å²) in [7, 11) is -2.08. The van der Waals surface area contributed by atoms with E-state index in [1.54, 1.807) is 6.07 Å². The molecular formula is C9H10O4S. The van der Waals surface area contributed by atoms with Crippen molar-refractivity contribution in [1.82, 2.24) is 0 Å². The minimum absolute atomic E-state index is 0.0579. The minimum Gasteiger partial charge on any atom is -0.495 e. The molecule has 0 spiro atoms. The molecule has 14 heavy (non-hydrogen) atoms. The van der Waals surface area contributed by atoms with Crippen LogP contribution in [-0.2, 0) is 9.84 Å². The van der Waals surface area contributed by atoms with E-state index in [0.29, 0.717) is 6.29 Å². The molecular weight excluding hydrogens is 204 g/mol. The van der Waals surface area contributed by atoms with Crippen molar-refractivity contribution in [3.8, 4) is 5.75 Å². The van der Waals surface area contributed by atoms with Crippen LogP contribution in [0.4, 0.5) is 0 Å². The maximum absolute atomic E-state index is 11.4. The second-order valence-corrected chi connectivity index (χ2v) is 4.72. The molecule has 0 N–H and O–H groups in total. The summed E-state index contributed by atoms with van der Waals surface area (Å²) >= 11 is 0. The van der Waals surface area contributed by atoms with Crippen LogP contribution in [0.15, 0.2) is 23.1 Å². The Hall–Kier alpha value is -1.36. The number of hydrogen-bond acceptors (Lipinski definition) is 4. The van der Waals surface area contributed by atoms with E-state index in [4.69, 9.17) is 4.74 Å². The van der Waals surface area contributed by atoms with Crippen LogP contribution in [0.3, 0.4) is 0 Å². The fraction of sp³-hybridized carbons (Fsp3) is 0.222. The molecule has 0 aromatic heterocycles. The molecule has 0 saturated heterocycles. The van der Waals surface area contributed by atoms with E-state index in [0.717, 1.165) is 6.26 Å². The SMILES string of the molecule is COc1cccc(C=O)c1S(C)(=O)=O. The quantitative estimate of drug-likeness (QED) is 0.702. The number of carbonyl (C=O) groups is 1. The lowest BCUT2D eigenvalue weighted by Gasteiger charge is -2.07. The summed E-state index contributed by atoms with van der Waals surface area (Å²) in [5, 5.41) is 0. The van der Waals surface area contributed by atoms with E-state index in [1.807, 2.05) is 0 Å². The van der Waals surface area contributed by atoms with Crippen LogP contribution in [-0.4, -0.2) is 28.1 Å². The zero-order chi connectivity index (χ0) is 10.8. The maximum atomic E-state index is 11.4. The molecule has 0 bridgehead atoms. The Balaban J connectivity index is 3.58. The topological polar surface area (TPSA) is 60.4 Å². The molecule has 0 fully saturated rings. The largest absolute Gasteiger partial charge is 0.495 e. The van der Waals surface area contributed by atoms with E-state index >= 15 is 0 Å². The highest BCUT2D eigenvalue weighted by Crippen LogP contribution is 2.25. The van der Waals surface area contributed by atoms with E-state index in [9.17, 15) is 13.2 Å². The first-order valence-corrected chi connectivity index (χ1v) is 5.72.